The molecule has 3 N–H and O–H groups in total. The second kappa shape index (κ2) is 7.99. The summed E-state index contributed by atoms with van der Waals surface area (Å²) in [5.41, 5.74) is 1.30. The highest BCUT2D eigenvalue weighted by molar-refractivity contribution is 5.89. The lowest BCUT2D eigenvalue weighted by atomic mass is 10.2. The molecule has 0 fully saturated rings. The number of anilines is 1. The molecule has 6 heteroatoms. The highest BCUT2D eigenvalue weighted by atomic mass is 19.1. The van der Waals surface area contributed by atoms with Crippen LogP contribution in [0.15, 0.2) is 48.5 Å². The van der Waals surface area contributed by atoms with Gasteiger partial charge in [0.25, 0.3) is 0 Å². The molecular weight excluding hydrogens is 287 g/mol. The molecule has 2 aromatic carbocycles. The van der Waals surface area contributed by atoms with Gasteiger partial charge in [0.05, 0.1) is 6.61 Å². The van der Waals surface area contributed by atoms with E-state index in [4.69, 9.17) is 9.84 Å². The molecule has 0 aromatic heterocycles. The molecule has 2 aromatic rings. The van der Waals surface area contributed by atoms with E-state index >= 15 is 0 Å². The first-order valence-corrected chi connectivity index (χ1v) is 6.81. The van der Waals surface area contributed by atoms with E-state index in [2.05, 4.69) is 10.6 Å². The molecule has 2 rings (SSSR count). The molecular formula is C16H17FN2O3. The number of carbonyl (C=O) groups excluding carboxylic acids is 1. The van der Waals surface area contributed by atoms with Crippen LogP contribution in [0.25, 0.3) is 0 Å². The number of urea groups is 1. The van der Waals surface area contributed by atoms with Crippen LogP contribution in [0.5, 0.6) is 5.75 Å². The number of nitrogens with one attached hydrogen (secondary N) is 2. The first-order chi connectivity index (χ1) is 10.7. The van der Waals surface area contributed by atoms with Gasteiger partial charge in [0.15, 0.2) is 0 Å². The Morgan fingerprint density at radius 2 is 1.86 bits per heavy atom. The minimum atomic E-state index is -0.399. The summed E-state index contributed by atoms with van der Waals surface area (Å²) in [5.74, 6) is 0.250. The SMILES string of the molecule is O=C(NCc1ccccc1OCCO)Nc1ccc(F)cc1. The van der Waals surface area contributed by atoms with E-state index in [0.29, 0.717) is 11.4 Å². The average molecular weight is 304 g/mol. The summed E-state index contributed by atoms with van der Waals surface area (Å²) < 4.78 is 18.2. The molecule has 0 bridgehead atoms. The smallest absolute Gasteiger partial charge is 0.319 e. The van der Waals surface area contributed by atoms with Crippen LogP contribution < -0.4 is 15.4 Å². The number of rotatable bonds is 6. The molecule has 0 aliphatic heterocycles. The Labute approximate surface area is 127 Å². The van der Waals surface area contributed by atoms with Gasteiger partial charge >= 0.3 is 6.03 Å². The normalized spacial score (nSPS) is 10.1. The lowest BCUT2D eigenvalue weighted by Crippen LogP contribution is -2.28. The van der Waals surface area contributed by atoms with Crippen molar-refractivity contribution in [1.29, 1.82) is 0 Å². The van der Waals surface area contributed by atoms with E-state index in [0.717, 1.165) is 5.56 Å². The number of benzene rings is 2. The van der Waals surface area contributed by atoms with E-state index in [1.54, 1.807) is 6.07 Å². The maximum atomic E-state index is 12.8. The van der Waals surface area contributed by atoms with Crippen LogP contribution in [0.4, 0.5) is 14.9 Å². The number of ether oxygens (including phenoxy) is 1. The van der Waals surface area contributed by atoms with E-state index in [9.17, 15) is 9.18 Å². The summed E-state index contributed by atoms with van der Waals surface area (Å²) in [6.45, 7) is 0.389. The molecule has 0 saturated heterocycles. The van der Waals surface area contributed by atoms with E-state index in [1.165, 1.54) is 24.3 Å². The Hall–Kier alpha value is -2.60. The van der Waals surface area contributed by atoms with Crippen molar-refractivity contribution in [3.05, 3.63) is 59.9 Å². The Morgan fingerprint density at radius 1 is 1.14 bits per heavy atom. The summed E-state index contributed by atoms with van der Waals surface area (Å²) in [6, 6.07) is 12.3. The summed E-state index contributed by atoms with van der Waals surface area (Å²) in [4.78, 5) is 11.8. The van der Waals surface area contributed by atoms with Gasteiger partial charge in [-0.1, -0.05) is 18.2 Å². The third-order valence-electron chi connectivity index (χ3n) is 2.86. The number of halogens is 1. The highest BCUT2D eigenvalue weighted by Gasteiger charge is 2.06. The molecule has 0 unspecified atom stereocenters. The molecule has 2 amide bonds. The van der Waals surface area contributed by atoms with E-state index < -0.39 is 6.03 Å². The fourth-order valence-corrected chi connectivity index (χ4v) is 1.83. The van der Waals surface area contributed by atoms with Crippen LogP contribution in [-0.2, 0) is 6.54 Å². The van der Waals surface area contributed by atoms with Crippen molar-refractivity contribution in [2.24, 2.45) is 0 Å². The molecule has 0 aliphatic rings. The number of hydrogen-bond donors (Lipinski definition) is 3. The van der Waals surface area contributed by atoms with Crippen molar-refractivity contribution < 1.29 is 19.0 Å². The van der Waals surface area contributed by atoms with Crippen LogP contribution in [-0.4, -0.2) is 24.4 Å². The van der Waals surface area contributed by atoms with Gasteiger partial charge in [0, 0.05) is 17.8 Å². The van der Waals surface area contributed by atoms with Crippen LogP contribution in [0, 0.1) is 5.82 Å². The van der Waals surface area contributed by atoms with Gasteiger partial charge in [-0.2, -0.15) is 0 Å². The highest BCUT2D eigenvalue weighted by Crippen LogP contribution is 2.17. The number of aliphatic hydroxyl groups is 1. The fraction of sp³-hybridized carbons (Fsp3) is 0.188. The zero-order valence-corrected chi connectivity index (χ0v) is 11.9. The van der Waals surface area contributed by atoms with Crippen LogP contribution >= 0.6 is 0 Å². The standard InChI is InChI=1S/C16H17FN2O3/c17-13-5-7-14(8-6-13)19-16(21)18-11-12-3-1-2-4-15(12)22-10-9-20/h1-8,20H,9-11H2,(H2,18,19,21). The van der Waals surface area contributed by atoms with Gasteiger partial charge in [-0.25, -0.2) is 9.18 Å². The minimum Gasteiger partial charge on any atom is -0.491 e. The van der Waals surface area contributed by atoms with Crippen LogP contribution in [0.1, 0.15) is 5.56 Å². The Kier molecular flexibility index (Phi) is 5.73. The van der Waals surface area contributed by atoms with Crippen LogP contribution in [0.2, 0.25) is 0 Å². The van der Waals surface area contributed by atoms with Crippen molar-refractivity contribution in [1.82, 2.24) is 5.32 Å². The first kappa shape index (κ1) is 15.8. The zero-order valence-electron chi connectivity index (χ0n) is 11.9. The third kappa shape index (κ3) is 4.75. The summed E-state index contributed by atoms with van der Waals surface area (Å²) in [7, 11) is 0. The molecule has 0 heterocycles. The maximum absolute atomic E-state index is 12.8. The predicted octanol–water partition coefficient (Wildman–Crippen LogP) is 2.52. The van der Waals surface area contributed by atoms with Crippen molar-refractivity contribution in [2.45, 2.75) is 6.54 Å². The zero-order chi connectivity index (χ0) is 15.8. The van der Waals surface area contributed by atoms with Crippen molar-refractivity contribution in [3.63, 3.8) is 0 Å². The van der Waals surface area contributed by atoms with Gasteiger partial charge in [-0.15, -0.1) is 0 Å². The van der Waals surface area contributed by atoms with Crippen molar-refractivity contribution >= 4 is 11.7 Å². The molecule has 116 valence electrons. The van der Waals surface area contributed by atoms with Gasteiger partial charge in [0.1, 0.15) is 18.2 Å². The monoisotopic (exact) mass is 304 g/mol. The number of para-hydroxylation sites is 1. The molecule has 0 spiro atoms. The van der Waals surface area contributed by atoms with Gasteiger partial charge < -0.3 is 20.5 Å². The Balaban J connectivity index is 1.89. The number of aliphatic hydroxyl groups excluding tert-OH is 1. The number of amides is 2. The molecule has 0 atom stereocenters. The maximum Gasteiger partial charge on any atom is 0.319 e. The lowest BCUT2D eigenvalue weighted by Gasteiger charge is -2.12. The van der Waals surface area contributed by atoms with Crippen LogP contribution in [0.3, 0.4) is 0 Å². The second-order valence-electron chi connectivity index (χ2n) is 4.49. The fourth-order valence-electron chi connectivity index (χ4n) is 1.83. The topological polar surface area (TPSA) is 70.6 Å². The third-order valence-corrected chi connectivity index (χ3v) is 2.86. The molecule has 0 radical (unpaired) electrons. The molecule has 0 aliphatic carbocycles. The number of carbonyl (C=O) groups is 1. The first-order valence-electron chi connectivity index (χ1n) is 6.81. The number of hydrogen-bond acceptors (Lipinski definition) is 3. The Morgan fingerprint density at radius 3 is 2.59 bits per heavy atom. The van der Waals surface area contributed by atoms with Gasteiger partial charge in [-0.05, 0) is 30.3 Å². The largest absolute Gasteiger partial charge is 0.491 e. The molecule has 22 heavy (non-hydrogen) atoms. The quantitative estimate of drug-likeness (QED) is 0.768. The Bertz CT molecular complexity index is 617. The lowest BCUT2D eigenvalue weighted by molar-refractivity contribution is 0.200. The summed E-state index contributed by atoms with van der Waals surface area (Å²) in [6.07, 6.45) is 0. The second-order valence-corrected chi connectivity index (χ2v) is 4.49. The summed E-state index contributed by atoms with van der Waals surface area (Å²) in [5, 5.41) is 14.1. The summed E-state index contributed by atoms with van der Waals surface area (Å²) >= 11 is 0. The van der Waals surface area contributed by atoms with E-state index in [1.807, 2.05) is 18.2 Å². The predicted molar refractivity (Wildman–Crippen MR) is 81.3 cm³/mol. The molecule has 0 saturated carbocycles. The minimum absolute atomic E-state index is 0.0766. The van der Waals surface area contributed by atoms with Gasteiger partial charge in [-0.3, -0.25) is 0 Å². The van der Waals surface area contributed by atoms with Crippen molar-refractivity contribution in [3.8, 4) is 5.75 Å². The van der Waals surface area contributed by atoms with Crippen molar-refractivity contribution in [2.75, 3.05) is 18.5 Å². The molecule has 5 nitrogen and oxygen atoms in total. The average Bonchev–Trinajstić information content (AvgIpc) is 2.54. The van der Waals surface area contributed by atoms with E-state index in [-0.39, 0.29) is 25.6 Å². The van der Waals surface area contributed by atoms with Gasteiger partial charge in [0.2, 0.25) is 0 Å².